The highest BCUT2D eigenvalue weighted by molar-refractivity contribution is 7.92. The van der Waals surface area contributed by atoms with Crippen LogP contribution in [0, 0.1) is 0 Å². The number of nitrogens with one attached hydrogen (secondary N) is 1. The molecule has 3 nitrogen and oxygen atoms in total. The minimum Gasteiger partial charge on any atom is -0.313 e. The summed E-state index contributed by atoms with van der Waals surface area (Å²) in [6, 6.07) is 0.141. The van der Waals surface area contributed by atoms with Crippen molar-refractivity contribution in [1.82, 2.24) is 5.32 Å². The van der Waals surface area contributed by atoms with Crippen LogP contribution in [0.4, 0.5) is 0 Å². The summed E-state index contributed by atoms with van der Waals surface area (Å²) in [5, 5.41) is 3.27. The predicted octanol–water partition coefficient (Wildman–Crippen LogP) is 2.51. The Kier molecular flexibility index (Phi) is 6.49. The molecular formula is C13H27NO2S. The van der Waals surface area contributed by atoms with Crippen LogP contribution < -0.4 is 5.32 Å². The molecule has 0 spiro atoms. The monoisotopic (exact) mass is 261 g/mol. The Hall–Kier alpha value is -0.0900. The molecule has 0 aromatic rings. The van der Waals surface area contributed by atoms with Gasteiger partial charge in [-0.3, -0.25) is 0 Å². The summed E-state index contributed by atoms with van der Waals surface area (Å²) in [5.74, 6) is 0.328. The van der Waals surface area contributed by atoms with Gasteiger partial charge < -0.3 is 5.32 Å². The van der Waals surface area contributed by atoms with Crippen molar-refractivity contribution < 1.29 is 8.42 Å². The molecule has 1 atom stereocenters. The van der Waals surface area contributed by atoms with E-state index in [1.807, 2.05) is 0 Å². The molecule has 0 amide bonds. The zero-order chi connectivity index (χ0) is 12.7. The van der Waals surface area contributed by atoms with Gasteiger partial charge in [0.25, 0.3) is 0 Å². The van der Waals surface area contributed by atoms with Crippen LogP contribution in [0.5, 0.6) is 0 Å². The summed E-state index contributed by atoms with van der Waals surface area (Å²) < 4.78 is 24.6. The van der Waals surface area contributed by atoms with Crippen LogP contribution in [0.3, 0.4) is 0 Å². The molecule has 1 N–H and O–H groups in total. The van der Waals surface area contributed by atoms with E-state index < -0.39 is 9.84 Å². The summed E-state index contributed by atoms with van der Waals surface area (Å²) in [4.78, 5) is 0. The molecule has 0 radical (unpaired) electrons. The van der Waals surface area contributed by atoms with Crippen LogP contribution in [0.1, 0.15) is 58.8 Å². The van der Waals surface area contributed by atoms with Crippen molar-refractivity contribution in [3.05, 3.63) is 0 Å². The molecule has 0 aromatic carbocycles. The van der Waals surface area contributed by atoms with Crippen molar-refractivity contribution in [3.8, 4) is 0 Å². The second kappa shape index (κ2) is 7.37. The normalized spacial score (nSPS) is 20.4. The second-order valence-corrected chi connectivity index (χ2v) is 7.47. The number of hydrogen-bond donors (Lipinski definition) is 1. The van der Waals surface area contributed by atoms with Gasteiger partial charge in [-0.1, -0.05) is 33.1 Å². The molecule has 4 heteroatoms. The first-order valence-electron chi connectivity index (χ1n) is 7.05. The molecule has 0 saturated heterocycles. The van der Waals surface area contributed by atoms with E-state index in [1.165, 1.54) is 6.42 Å². The molecule has 102 valence electrons. The molecule has 1 saturated carbocycles. The maximum absolute atomic E-state index is 12.3. The molecule has 1 aliphatic carbocycles. The lowest BCUT2D eigenvalue weighted by Gasteiger charge is -2.24. The Morgan fingerprint density at radius 1 is 1.18 bits per heavy atom. The van der Waals surface area contributed by atoms with Crippen molar-refractivity contribution in [2.75, 3.05) is 12.3 Å². The lowest BCUT2D eigenvalue weighted by molar-refractivity contribution is 0.472. The minimum absolute atomic E-state index is 0.0614. The molecule has 1 fully saturated rings. The van der Waals surface area contributed by atoms with Crippen molar-refractivity contribution in [1.29, 1.82) is 0 Å². The Morgan fingerprint density at radius 2 is 1.82 bits per heavy atom. The molecule has 0 heterocycles. The topological polar surface area (TPSA) is 46.2 Å². The molecule has 0 bridgehead atoms. The van der Waals surface area contributed by atoms with Crippen LogP contribution >= 0.6 is 0 Å². The first-order valence-corrected chi connectivity index (χ1v) is 8.76. The zero-order valence-corrected chi connectivity index (χ0v) is 12.1. The van der Waals surface area contributed by atoms with Gasteiger partial charge in [-0.2, -0.15) is 0 Å². The summed E-state index contributed by atoms with van der Waals surface area (Å²) in [6.07, 6.45) is 7.09. The highest BCUT2D eigenvalue weighted by Crippen LogP contribution is 2.24. The third-order valence-corrected chi connectivity index (χ3v) is 6.02. The third-order valence-electron chi connectivity index (χ3n) is 3.67. The molecule has 1 unspecified atom stereocenters. The van der Waals surface area contributed by atoms with Gasteiger partial charge in [-0.15, -0.1) is 0 Å². The Balaban J connectivity index is 2.50. The van der Waals surface area contributed by atoms with Crippen molar-refractivity contribution in [2.45, 2.75) is 70.1 Å². The lowest BCUT2D eigenvalue weighted by Crippen LogP contribution is -2.39. The largest absolute Gasteiger partial charge is 0.313 e. The van der Waals surface area contributed by atoms with Crippen LogP contribution in [0.15, 0.2) is 0 Å². The molecule has 17 heavy (non-hydrogen) atoms. The van der Waals surface area contributed by atoms with E-state index in [4.69, 9.17) is 0 Å². The van der Waals surface area contributed by atoms with Gasteiger partial charge in [0.15, 0.2) is 9.84 Å². The predicted molar refractivity (Wildman–Crippen MR) is 73.0 cm³/mol. The smallest absolute Gasteiger partial charge is 0.154 e. The highest BCUT2D eigenvalue weighted by atomic mass is 32.2. The van der Waals surface area contributed by atoms with Gasteiger partial charge in [0.05, 0.1) is 11.0 Å². The average molecular weight is 261 g/mol. The van der Waals surface area contributed by atoms with Crippen LogP contribution in [0.2, 0.25) is 0 Å². The van der Waals surface area contributed by atoms with E-state index in [9.17, 15) is 8.42 Å². The molecular weight excluding hydrogens is 234 g/mol. The van der Waals surface area contributed by atoms with Crippen molar-refractivity contribution in [3.63, 3.8) is 0 Å². The van der Waals surface area contributed by atoms with E-state index in [0.717, 1.165) is 45.1 Å². The van der Waals surface area contributed by atoms with E-state index in [1.54, 1.807) is 0 Å². The van der Waals surface area contributed by atoms with E-state index >= 15 is 0 Å². The number of hydrogen-bond acceptors (Lipinski definition) is 3. The van der Waals surface area contributed by atoms with Crippen LogP contribution in [-0.2, 0) is 9.84 Å². The number of sulfone groups is 1. The Bertz CT molecular complexity index is 295. The van der Waals surface area contributed by atoms with Gasteiger partial charge in [0.1, 0.15) is 0 Å². The minimum atomic E-state index is -2.89. The summed E-state index contributed by atoms with van der Waals surface area (Å²) in [5.41, 5.74) is 0. The van der Waals surface area contributed by atoms with E-state index in [-0.39, 0.29) is 11.3 Å². The third kappa shape index (κ3) is 4.96. The Labute approximate surface area is 106 Å². The van der Waals surface area contributed by atoms with Gasteiger partial charge in [-0.25, -0.2) is 8.42 Å². The first kappa shape index (κ1) is 15.0. The van der Waals surface area contributed by atoms with Crippen LogP contribution in [0.25, 0.3) is 0 Å². The van der Waals surface area contributed by atoms with Crippen molar-refractivity contribution in [2.24, 2.45) is 0 Å². The fourth-order valence-electron chi connectivity index (χ4n) is 2.51. The molecule has 1 aliphatic rings. The maximum Gasteiger partial charge on any atom is 0.154 e. The fourth-order valence-corrected chi connectivity index (χ4v) is 4.75. The first-order chi connectivity index (χ1) is 8.10. The summed E-state index contributed by atoms with van der Waals surface area (Å²) in [7, 11) is -2.89. The molecule has 0 aliphatic heterocycles. The summed E-state index contributed by atoms with van der Waals surface area (Å²) in [6.45, 7) is 5.08. The van der Waals surface area contributed by atoms with E-state index in [2.05, 4.69) is 19.2 Å². The standard InChI is InChI=1S/C13H27NO2S/c1-3-10-14-12(4-2)11-17(15,16)13-8-6-5-7-9-13/h12-14H,3-11H2,1-2H3. The lowest BCUT2D eigenvalue weighted by atomic mass is 10.0. The van der Waals surface area contributed by atoms with Crippen molar-refractivity contribution >= 4 is 9.84 Å². The van der Waals surface area contributed by atoms with Gasteiger partial charge in [0, 0.05) is 6.04 Å². The van der Waals surface area contributed by atoms with Gasteiger partial charge in [0.2, 0.25) is 0 Å². The number of rotatable bonds is 7. The Morgan fingerprint density at radius 3 is 2.35 bits per heavy atom. The SMILES string of the molecule is CCCNC(CC)CS(=O)(=O)C1CCCCC1. The molecule has 1 rings (SSSR count). The van der Waals surface area contributed by atoms with Gasteiger partial charge >= 0.3 is 0 Å². The maximum atomic E-state index is 12.3. The highest BCUT2D eigenvalue weighted by Gasteiger charge is 2.29. The zero-order valence-electron chi connectivity index (χ0n) is 11.2. The van der Waals surface area contributed by atoms with Crippen LogP contribution in [-0.4, -0.2) is 32.0 Å². The second-order valence-electron chi connectivity index (χ2n) is 5.15. The fraction of sp³-hybridized carbons (Fsp3) is 1.00. The molecule has 0 aromatic heterocycles. The van der Waals surface area contributed by atoms with Gasteiger partial charge in [-0.05, 0) is 32.2 Å². The van der Waals surface area contributed by atoms with E-state index in [0.29, 0.717) is 5.75 Å². The summed E-state index contributed by atoms with van der Waals surface area (Å²) >= 11 is 0. The quantitative estimate of drug-likeness (QED) is 0.766. The average Bonchev–Trinajstić information content (AvgIpc) is 2.35.